The first-order chi connectivity index (χ1) is 8.11. The van der Waals surface area contributed by atoms with Crippen molar-refractivity contribution in [2.75, 3.05) is 0 Å². The van der Waals surface area contributed by atoms with Crippen LogP contribution in [0.3, 0.4) is 0 Å². The first-order valence-corrected chi connectivity index (χ1v) is 6.86. The first-order valence-electron chi connectivity index (χ1n) is 6.86. The van der Waals surface area contributed by atoms with Crippen LogP contribution in [0.1, 0.15) is 64.7 Å². The topological polar surface area (TPSA) is 40.7 Å². The molecule has 0 radical (unpaired) electrons. The van der Waals surface area contributed by atoms with E-state index < -0.39 is 0 Å². The van der Waals surface area contributed by atoms with Crippen molar-refractivity contribution in [2.45, 2.75) is 65.0 Å². The molecule has 0 spiro atoms. The number of hydrogen-bond acceptors (Lipinski definition) is 2. The third-order valence-electron chi connectivity index (χ3n) is 3.90. The van der Waals surface area contributed by atoms with E-state index in [-0.39, 0.29) is 0 Å². The molecule has 17 heavy (non-hydrogen) atoms. The summed E-state index contributed by atoms with van der Waals surface area (Å²) >= 11 is 0. The van der Waals surface area contributed by atoms with Crippen molar-refractivity contribution in [3.8, 4) is 0 Å². The molecule has 1 fully saturated rings. The normalized spacial score (nSPS) is 25.7. The smallest absolute Gasteiger partial charge is 0.123 e. The Morgan fingerprint density at radius 1 is 1.59 bits per heavy atom. The average Bonchev–Trinajstić information content (AvgIpc) is 2.78. The largest absolute Gasteiger partial charge is 0.347 e. The quantitative estimate of drug-likeness (QED) is 0.839. The van der Waals surface area contributed by atoms with Gasteiger partial charge in [-0.1, -0.05) is 27.2 Å². The van der Waals surface area contributed by atoms with E-state index in [1.807, 2.05) is 12.4 Å². The molecule has 0 amide bonds. The summed E-state index contributed by atoms with van der Waals surface area (Å²) in [6.45, 7) is 6.98. The van der Waals surface area contributed by atoms with Crippen LogP contribution in [0.25, 0.3) is 0 Å². The fourth-order valence-corrected chi connectivity index (χ4v) is 2.98. The molecule has 1 aliphatic rings. The molecule has 96 valence electrons. The lowest BCUT2D eigenvalue weighted by atomic mass is 9.75. The zero-order valence-corrected chi connectivity index (χ0v) is 11.3. The van der Waals surface area contributed by atoms with Crippen LogP contribution in [0.5, 0.6) is 0 Å². The summed E-state index contributed by atoms with van der Waals surface area (Å²) in [6, 6.07) is 1.03. The molecule has 3 heteroatoms. The minimum Gasteiger partial charge on any atom is -0.347 e. The van der Waals surface area contributed by atoms with Crippen molar-refractivity contribution in [1.82, 2.24) is 15.3 Å². The number of hydrogen-bond donors (Lipinski definition) is 2. The van der Waals surface area contributed by atoms with Crippen molar-refractivity contribution >= 4 is 0 Å². The number of rotatable bonds is 4. The Labute approximate surface area is 104 Å². The van der Waals surface area contributed by atoms with Crippen LogP contribution < -0.4 is 5.32 Å². The van der Waals surface area contributed by atoms with Crippen LogP contribution >= 0.6 is 0 Å². The average molecular weight is 235 g/mol. The maximum absolute atomic E-state index is 4.37. The summed E-state index contributed by atoms with van der Waals surface area (Å²) in [5.41, 5.74) is 0.497. The van der Waals surface area contributed by atoms with E-state index >= 15 is 0 Å². The van der Waals surface area contributed by atoms with E-state index in [9.17, 15) is 0 Å². The summed E-state index contributed by atoms with van der Waals surface area (Å²) < 4.78 is 0. The molecule has 1 saturated carbocycles. The van der Waals surface area contributed by atoms with Crippen LogP contribution in [-0.4, -0.2) is 16.0 Å². The predicted octanol–water partition coefficient (Wildman–Crippen LogP) is 3.42. The molecule has 0 saturated heterocycles. The second-order valence-corrected chi connectivity index (χ2v) is 6.06. The molecular formula is C14H25N3. The monoisotopic (exact) mass is 235 g/mol. The number of aromatic amines is 1. The molecule has 1 heterocycles. The van der Waals surface area contributed by atoms with Crippen molar-refractivity contribution in [3.63, 3.8) is 0 Å². The second kappa shape index (κ2) is 5.21. The van der Waals surface area contributed by atoms with Crippen LogP contribution in [0.2, 0.25) is 0 Å². The van der Waals surface area contributed by atoms with Gasteiger partial charge in [0.05, 0.1) is 6.04 Å². The highest BCUT2D eigenvalue weighted by Gasteiger charge is 2.29. The van der Waals surface area contributed by atoms with Crippen molar-refractivity contribution in [2.24, 2.45) is 5.41 Å². The van der Waals surface area contributed by atoms with E-state index in [0.717, 1.165) is 12.2 Å². The summed E-state index contributed by atoms with van der Waals surface area (Å²) in [6.07, 6.45) is 10.1. The fourth-order valence-electron chi connectivity index (χ4n) is 2.98. The van der Waals surface area contributed by atoms with Gasteiger partial charge >= 0.3 is 0 Å². The Balaban J connectivity index is 1.95. The minimum absolute atomic E-state index is 0.379. The molecule has 0 aliphatic heterocycles. The molecule has 1 aromatic heterocycles. The van der Waals surface area contributed by atoms with Gasteiger partial charge in [0, 0.05) is 18.4 Å². The third kappa shape index (κ3) is 3.32. The van der Waals surface area contributed by atoms with Gasteiger partial charge in [-0.25, -0.2) is 4.98 Å². The Morgan fingerprint density at radius 3 is 3.00 bits per heavy atom. The third-order valence-corrected chi connectivity index (χ3v) is 3.90. The van der Waals surface area contributed by atoms with Gasteiger partial charge in [0.2, 0.25) is 0 Å². The summed E-state index contributed by atoms with van der Waals surface area (Å²) in [7, 11) is 0. The van der Waals surface area contributed by atoms with Gasteiger partial charge in [0.15, 0.2) is 0 Å². The first kappa shape index (κ1) is 12.6. The summed E-state index contributed by atoms with van der Waals surface area (Å²) in [5.74, 6) is 1.08. The number of nitrogens with one attached hydrogen (secondary N) is 2. The van der Waals surface area contributed by atoms with Gasteiger partial charge in [-0.05, 0) is 31.1 Å². The molecule has 2 atom stereocenters. The molecule has 1 aliphatic carbocycles. The maximum Gasteiger partial charge on any atom is 0.123 e. The number of aromatic nitrogens is 2. The van der Waals surface area contributed by atoms with Crippen LogP contribution in [0, 0.1) is 5.41 Å². The number of nitrogens with zero attached hydrogens (tertiary/aromatic N) is 1. The SMILES string of the molecule is CCC(NC1CCCC(C)(C)C1)c1ncc[nH]1. The Bertz CT molecular complexity index is 329. The zero-order valence-electron chi connectivity index (χ0n) is 11.3. The second-order valence-electron chi connectivity index (χ2n) is 6.06. The van der Waals surface area contributed by atoms with E-state index in [0.29, 0.717) is 17.5 Å². The molecular weight excluding hydrogens is 210 g/mol. The predicted molar refractivity (Wildman–Crippen MR) is 70.8 cm³/mol. The lowest BCUT2D eigenvalue weighted by Gasteiger charge is -2.37. The van der Waals surface area contributed by atoms with Crippen molar-refractivity contribution in [1.29, 1.82) is 0 Å². The lowest BCUT2D eigenvalue weighted by Crippen LogP contribution is -2.39. The van der Waals surface area contributed by atoms with Crippen molar-refractivity contribution in [3.05, 3.63) is 18.2 Å². The summed E-state index contributed by atoms with van der Waals surface area (Å²) in [4.78, 5) is 7.60. The molecule has 2 unspecified atom stereocenters. The highest BCUT2D eigenvalue weighted by atomic mass is 15.0. The Hall–Kier alpha value is -0.830. The van der Waals surface area contributed by atoms with Crippen LogP contribution in [0.4, 0.5) is 0 Å². The molecule has 0 bridgehead atoms. The van der Waals surface area contributed by atoms with Gasteiger partial charge in [-0.3, -0.25) is 0 Å². The Kier molecular flexibility index (Phi) is 3.87. The Morgan fingerprint density at radius 2 is 2.41 bits per heavy atom. The van der Waals surface area contributed by atoms with Gasteiger partial charge in [-0.15, -0.1) is 0 Å². The van der Waals surface area contributed by atoms with E-state index in [1.54, 1.807) is 0 Å². The maximum atomic E-state index is 4.37. The molecule has 3 nitrogen and oxygen atoms in total. The van der Waals surface area contributed by atoms with E-state index in [1.165, 1.54) is 25.7 Å². The standard InChI is InChI=1S/C14H25N3/c1-4-12(13-15-8-9-16-13)17-11-6-5-7-14(2,3)10-11/h8-9,11-12,17H,4-7,10H2,1-3H3,(H,15,16). The van der Waals surface area contributed by atoms with Gasteiger partial charge in [0.1, 0.15) is 5.82 Å². The van der Waals surface area contributed by atoms with E-state index in [4.69, 9.17) is 0 Å². The minimum atomic E-state index is 0.379. The lowest BCUT2D eigenvalue weighted by molar-refractivity contribution is 0.187. The highest BCUT2D eigenvalue weighted by molar-refractivity contribution is 4.97. The van der Waals surface area contributed by atoms with Crippen molar-refractivity contribution < 1.29 is 0 Å². The van der Waals surface area contributed by atoms with Gasteiger partial charge in [0.25, 0.3) is 0 Å². The van der Waals surface area contributed by atoms with Crippen LogP contribution in [-0.2, 0) is 0 Å². The summed E-state index contributed by atoms with van der Waals surface area (Å²) in [5, 5.41) is 3.77. The zero-order chi connectivity index (χ0) is 12.3. The van der Waals surface area contributed by atoms with Gasteiger partial charge < -0.3 is 10.3 Å². The molecule has 0 aromatic carbocycles. The molecule has 2 rings (SSSR count). The van der Waals surface area contributed by atoms with E-state index in [2.05, 4.69) is 36.1 Å². The number of imidazole rings is 1. The highest BCUT2D eigenvalue weighted by Crippen LogP contribution is 2.35. The number of H-pyrrole nitrogens is 1. The molecule has 2 N–H and O–H groups in total. The fraction of sp³-hybridized carbons (Fsp3) is 0.786. The van der Waals surface area contributed by atoms with Crippen LogP contribution in [0.15, 0.2) is 12.4 Å². The molecule has 1 aromatic rings. The van der Waals surface area contributed by atoms with Gasteiger partial charge in [-0.2, -0.15) is 0 Å².